The molecule has 0 saturated heterocycles. The first-order valence-corrected chi connectivity index (χ1v) is 14.9. The van der Waals surface area contributed by atoms with Crippen molar-refractivity contribution in [2.45, 2.75) is 138 Å². The molecule has 34 heavy (non-hydrogen) atoms. The summed E-state index contributed by atoms with van der Waals surface area (Å²) in [6.07, 6.45) is 16.7. The molecule has 11 atom stereocenters. The quantitative estimate of drug-likeness (QED) is 0.402. The van der Waals surface area contributed by atoms with Gasteiger partial charge in [-0.3, -0.25) is 0 Å². The molecular weight excluding hydrogens is 416 g/mol. The van der Waals surface area contributed by atoms with Crippen LogP contribution in [0.2, 0.25) is 0 Å². The van der Waals surface area contributed by atoms with E-state index in [1.165, 1.54) is 51.4 Å². The van der Waals surface area contributed by atoms with Gasteiger partial charge in [0.25, 0.3) is 0 Å². The van der Waals surface area contributed by atoms with E-state index in [-0.39, 0.29) is 23.0 Å². The van der Waals surface area contributed by atoms with Crippen LogP contribution in [0, 0.1) is 50.7 Å². The maximum Gasteiger partial charge on any atom is 0.0596 e. The van der Waals surface area contributed by atoms with E-state index in [2.05, 4.69) is 54.5 Å². The van der Waals surface area contributed by atoms with E-state index in [1.807, 2.05) is 0 Å². The van der Waals surface area contributed by atoms with Crippen molar-refractivity contribution in [2.24, 2.45) is 50.7 Å². The lowest BCUT2D eigenvalue weighted by atomic mass is 9.41. The number of rotatable bonds is 2. The summed E-state index contributed by atoms with van der Waals surface area (Å²) in [7, 11) is 0. The van der Waals surface area contributed by atoms with E-state index in [9.17, 15) is 10.2 Å². The molecule has 2 nitrogen and oxygen atoms in total. The van der Waals surface area contributed by atoms with Crippen LogP contribution in [0.4, 0.5) is 0 Å². The van der Waals surface area contributed by atoms with Crippen LogP contribution in [0.15, 0.2) is 11.6 Å². The van der Waals surface area contributed by atoms with E-state index < -0.39 is 0 Å². The zero-order chi connectivity index (χ0) is 24.7. The molecule has 0 spiro atoms. The minimum atomic E-state index is -0.142. The zero-order valence-electron chi connectivity index (χ0n) is 23.4. The van der Waals surface area contributed by atoms with Crippen molar-refractivity contribution in [3.63, 3.8) is 0 Å². The molecule has 0 heterocycles. The molecule has 194 valence electrons. The summed E-state index contributed by atoms with van der Waals surface area (Å²) in [5.74, 6) is 2.71. The highest BCUT2D eigenvalue weighted by Crippen LogP contribution is 2.70. The first-order chi connectivity index (χ1) is 15.9. The molecular formula is C32H54O2. The van der Waals surface area contributed by atoms with Crippen molar-refractivity contribution in [2.75, 3.05) is 0 Å². The van der Waals surface area contributed by atoms with Crippen molar-refractivity contribution in [3.8, 4) is 0 Å². The van der Waals surface area contributed by atoms with Crippen molar-refractivity contribution in [1.82, 2.24) is 0 Å². The van der Waals surface area contributed by atoms with E-state index in [0.717, 1.165) is 31.6 Å². The lowest BCUT2D eigenvalue weighted by molar-refractivity contribution is -0.178. The van der Waals surface area contributed by atoms with Crippen molar-refractivity contribution in [1.29, 1.82) is 0 Å². The second-order valence-corrected chi connectivity index (χ2v) is 15.0. The molecule has 4 saturated carbocycles. The molecule has 0 aromatic rings. The summed E-state index contributed by atoms with van der Waals surface area (Å²) in [5.41, 5.74) is 3.00. The number of allylic oxidation sites excluding steroid dienone is 2. The Morgan fingerprint density at radius 1 is 0.706 bits per heavy atom. The van der Waals surface area contributed by atoms with Gasteiger partial charge in [0.2, 0.25) is 0 Å². The van der Waals surface area contributed by atoms with Crippen molar-refractivity contribution in [3.05, 3.63) is 11.6 Å². The third kappa shape index (κ3) is 3.19. The maximum absolute atomic E-state index is 11.1. The van der Waals surface area contributed by atoms with Crippen LogP contribution in [-0.4, -0.2) is 22.4 Å². The Morgan fingerprint density at radius 3 is 1.91 bits per heavy atom. The smallest absolute Gasteiger partial charge is 0.0596 e. The van der Waals surface area contributed by atoms with Crippen molar-refractivity contribution >= 4 is 0 Å². The summed E-state index contributed by atoms with van der Waals surface area (Å²) in [5, 5.41) is 22.2. The fourth-order valence-electron chi connectivity index (χ4n) is 11.5. The largest absolute Gasteiger partial charge is 0.393 e. The van der Waals surface area contributed by atoms with Crippen LogP contribution in [0.3, 0.4) is 0 Å². The standard InChI is InChI=1S/C32H54O2/c1-8-29(4)24-12-10-21-20-28(3)17-14-25-30(5,9-2)27(34)16-19-32(25,7)23(28)13-11-22(21)31(24,6)18-15-26(29)33/h10,22-27,33-34H,8-9,11-20H2,1-7H3/t22-,23+,24-,25-,26-,27-,28-,29+,30+,31+,32+/m0/s1. The Kier molecular flexibility index (Phi) is 6.01. The number of aliphatic hydroxyl groups is 2. The Hall–Kier alpha value is -0.340. The number of fused-ring (bicyclic) bond motifs is 6. The first kappa shape index (κ1) is 25.3. The first-order valence-electron chi connectivity index (χ1n) is 14.9. The molecule has 0 aliphatic heterocycles. The van der Waals surface area contributed by atoms with Crippen LogP contribution in [0.1, 0.15) is 126 Å². The summed E-state index contributed by atoms with van der Waals surface area (Å²) >= 11 is 0. The van der Waals surface area contributed by atoms with E-state index in [0.29, 0.717) is 34.0 Å². The van der Waals surface area contributed by atoms with Gasteiger partial charge in [-0.25, -0.2) is 0 Å². The van der Waals surface area contributed by atoms with Crippen LogP contribution in [0.25, 0.3) is 0 Å². The van der Waals surface area contributed by atoms with Gasteiger partial charge in [0, 0.05) is 0 Å². The molecule has 0 radical (unpaired) electrons. The van der Waals surface area contributed by atoms with E-state index >= 15 is 0 Å². The average Bonchev–Trinajstić information content (AvgIpc) is 2.96. The van der Waals surface area contributed by atoms with Gasteiger partial charge in [-0.05, 0) is 128 Å². The number of hydrogen-bond acceptors (Lipinski definition) is 2. The van der Waals surface area contributed by atoms with Crippen LogP contribution < -0.4 is 0 Å². The predicted molar refractivity (Wildman–Crippen MR) is 141 cm³/mol. The van der Waals surface area contributed by atoms with Crippen LogP contribution in [0.5, 0.6) is 0 Å². The molecule has 0 unspecified atom stereocenters. The predicted octanol–water partition coefficient (Wildman–Crippen LogP) is 7.92. The number of hydrogen-bond donors (Lipinski definition) is 2. The molecule has 5 aliphatic carbocycles. The van der Waals surface area contributed by atoms with E-state index in [1.54, 1.807) is 5.57 Å². The lowest BCUT2D eigenvalue weighted by Gasteiger charge is -2.64. The molecule has 2 N–H and O–H groups in total. The highest BCUT2D eigenvalue weighted by atomic mass is 16.3. The third-order valence-corrected chi connectivity index (χ3v) is 14.0. The third-order valence-electron chi connectivity index (χ3n) is 14.0. The SMILES string of the molecule is CC[C@]1(C)[C@@H]2CC[C@@]3(C)CC4=CC[C@@H]5[C@](C)(CC[C@H](O)[C@]5(C)CC)[C@H]4CC[C@H]3[C@@]2(C)CC[C@@H]1O. The molecule has 2 heteroatoms. The van der Waals surface area contributed by atoms with E-state index in [4.69, 9.17) is 0 Å². The lowest BCUT2D eigenvalue weighted by Crippen LogP contribution is -2.59. The Labute approximate surface area is 210 Å². The Morgan fingerprint density at radius 2 is 1.29 bits per heavy atom. The summed E-state index contributed by atoms with van der Waals surface area (Å²) in [6.45, 7) is 17.3. The van der Waals surface area contributed by atoms with Gasteiger partial charge in [-0.15, -0.1) is 0 Å². The monoisotopic (exact) mass is 470 g/mol. The fraction of sp³-hybridized carbons (Fsp3) is 0.938. The van der Waals surface area contributed by atoms with Gasteiger partial charge in [-0.1, -0.05) is 60.1 Å². The second-order valence-electron chi connectivity index (χ2n) is 15.0. The topological polar surface area (TPSA) is 40.5 Å². The minimum absolute atomic E-state index is 0.0531. The highest BCUT2D eigenvalue weighted by Gasteiger charge is 2.63. The summed E-state index contributed by atoms with van der Waals surface area (Å²) in [4.78, 5) is 0. The molecule has 0 bridgehead atoms. The van der Waals surface area contributed by atoms with Gasteiger partial charge in [-0.2, -0.15) is 0 Å². The maximum atomic E-state index is 11.1. The van der Waals surface area contributed by atoms with Gasteiger partial charge < -0.3 is 10.2 Å². The van der Waals surface area contributed by atoms with Crippen LogP contribution >= 0.6 is 0 Å². The normalized spacial score (nSPS) is 57.4. The molecule has 5 aliphatic rings. The summed E-state index contributed by atoms with van der Waals surface area (Å²) < 4.78 is 0. The van der Waals surface area contributed by atoms with Gasteiger partial charge in [0.1, 0.15) is 0 Å². The van der Waals surface area contributed by atoms with Crippen LogP contribution in [-0.2, 0) is 0 Å². The van der Waals surface area contributed by atoms with Gasteiger partial charge >= 0.3 is 0 Å². The molecule has 5 rings (SSSR count). The zero-order valence-corrected chi connectivity index (χ0v) is 23.4. The molecule has 0 aromatic carbocycles. The number of aliphatic hydroxyl groups excluding tert-OH is 2. The van der Waals surface area contributed by atoms with Crippen molar-refractivity contribution < 1.29 is 10.2 Å². The minimum Gasteiger partial charge on any atom is -0.393 e. The average molecular weight is 471 g/mol. The summed E-state index contributed by atoms with van der Waals surface area (Å²) in [6, 6.07) is 0. The Bertz CT molecular complexity index is 833. The van der Waals surface area contributed by atoms with Gasteiger partial charge in [0.15, 0.2) is 0 Å². The second kappa shape index (κ2) is 8.08. The van der Waals surface area contributed by atoms with Gasteiger partial charge in [0.05, 0.1) is 12.2 Å². The fourth-order valence-corrected chi connectivity index (χ4v) is 11.5. The molecule has 0 aromatic heterocycles. The molecule has 0 amide bonds. The highest BCUT2D eigenvalue weighted by molar-refractivity contribution is 5.25. The Balaban J connectivity index is 1.50. The molecule has 4 fully saturated rings.